The van der Waals surface area contributed by atoms with Crippen LogP contribution in [0.1, 0.15) is 6.42 Å². The first-order chi connectivity index (χ1) is 6.77. The van der Waals surface area contributed by atoms with E-state index >= 15 is 0 Å². The summed E-state index contributed by atoms with van der Waals surface area (Å²) in [6, 6.07) is 0.276. The van der Waals surface area contributed by atoms with Crippen LogP contribution in [0.4, 0.5) is 0 Å². The van der Waals surface area contributed by atoms with Gasteiger partial charge in [-0.25, -0.2) is 0 Å². The highest BCUT2D eigenvalue weighted by Crippen LogP contribution is 2.07. The highest BCUT2D eigenvalue weighted by Gasteiger charge is 2.21. The van der Waals surface area contributed by atoms with Crippen molar-refractivity contribution in [1.82, 2.24) is 9.80 Å². The molecule has 1 N–H and O–H groups in total. The molecule has 1 rings (SSSR count). The van der Waals surface area contributed by atoms with Crippen molar-refractivity contribution in [1.29, 1.82) is 0 Å². The van der Waals surface area contributed by atoms with Crippen LogP contribution in [-0.2, 0) is 4.74 Å². The number of methoxy groups -OCH3 is 1. The summed E-state index contributed by atoms with van der Waals surface area (Å²) in [5, 5.41) is 9.29. The Kier molecular flexibility index (Phi) is 5.40. The SMILES string of the molecule is COCCN1CCCN(C)CC1CO. The van der Waals surface area contributed by atoms with Crippen molar-refractivity contribution in [2.75, 3.05) is 53.6 Å². The number of nitrogens with zero attached hydrogens (tertiary/aromatic N) is 2. The Balaban J connectivity index is 2.43. The predicted octanol–water partition coefficient (Wildman–Crippen LogP) is -0.369. The van der Waals surface area contributed by atoms with Crippen LogP contribution in [0.5, 0.6) is 0 Å². The van der Waals surface area contributed by atoms with E-state index in [1.807, 2.05) is 0 Å². The van der Waals surface area contributed by atoms with E-state index in [2.05, 4.69) is 16.8 Å². The number of rotatable bonds is 4. The molecule has 1 saturated heterocycles. The van der Waals surface area contributed by atoms with Crippen molar-refractivity contribution >= 4 is 0 Å². The molecule has 1 aliphatic rings. The summed E-state index contributed by atoms with van der Waals surface area (Å²) in [5.41, 5.74) is 0. The molecular weight excluding hydrogens is 180 g/mol. The Morgan fingerprint density at radius 1 is 1.43 bits per heavy atom. The van der Waals surface area contributed by atoms with Gasteiger partial charge in [0, 0.05) is 26.2 Å². The summed E-state index contributed by atoms with van der Waals surface area (Å²) in [6.07, 6.45) is 1.18. The van der Waals surface area contributed by atoms with E-state index in [0.29, 0.717) is 0 Å². The van der Waals surface area contributed by atoms with Crippen LogP contribution >= 0.6 is 0 Å². The molecule has 1 aliphatic heterocycles. The molecule has 14 heavy (non-hydrogen) atoms. The molecule has 0 aromatic rings. The number of aliphatic hydroxyl groups is 1. The molecule has 1 fully saturated rings. The zero-order valence-corrected chi connectivity index (χ0v) is 9.28. The molecule has 0 radical (unpaired) electrons. The lowest BCUT2D eigenvalue weighted by Crippen LogP contribution is -2.44. The Bertz CT molecular complexity index is 153. The van der Waals surface area contributed by atoms with Gasteiger partial charge in [-0.1, -0.05) is 0 Å². The summed E-state index contributed by atoms with van der Waals surface area (Å²) in [4.78, 5) is 4.61. The molecule has 4 nitrogen and oxygen atoms in total. The largest absolute Gasteiger partial charge is 0.395 e. The molecule has 4 heteroatoms. The molecule has 0 bridgehead atoms. The Hall–Kier alpha value is -0.160. The standard InChI is InChI=1S/C10H22N2O2/c1-11-4-3-5-12(6-7-14-2)10(8-11)9-13/h10,13H,3-9H2,1-2H3. The second kappa shape index (κ2) is 6.35. The second-order valence-corrected chi connectivity index (χ2v) is 3.98. The molecule has 1 atom stereocenters. The van der Waals surface area contributed by atoms with E-state index in [4.69, 9.17) is 4.74 Å². The maximum atomic E-state index is 9.29. The van der Waals surface area contributed by atoms with E-state index in [0.717, 1.165) is 32.8 Å². The van der Waals surface area contributed by atoms with E-state index < -0.39 is 0 Å². The number of aliphatic hydroxyl groups excluding tert-OH is 1. The van der Waals surface area contributed by atoms with Gasteiger partial charge in [-0.15, -0.1) is 0 Å². The highest BCUT2D eigenvalue weighted by molar-refractivity contribution is 4.77. The van der Waals surface area contributed by atoms with Gasteiger partial charge in [-0.3, -0.25) is 4.90 Å². The van der Waals surface area contributed by atoms with Gasteiger partial charge in [0.2, 0.25) is 0 Å². The van der Waals surface area contributed by atoms with Gasteiger partial charge in [0.15, 0.2) is 0 Å². The van der Waals surface area contributed by atoms with Gasteiger partial charge in [0.1, 0.15) is 0 Å². The first kappa shape index (κ1) is 11.9. The predicted molar refractivity (Wildman–Crippen MR) is 56.4 cm³/mol. The van der Waals surface area contributed by atoms with Crippen LogP contribution in [0.25, 0.3) is 0 Å². The maximum absolute atomic E-state index is 9.29. The van der Waals surface area contributed by atoms with Gasteiger partial charge >= 0.3 is 0 Å². The number of hydrogen-bond acceptors (Lipinski definition) is 4. The molecular formula is C10H22N2O2. The summed E-state index contributed by atoms with van der Waals surface area (Å²) >= 11 is 0. The summed E-state index contributed by atoms with van der Waals surface area (Å²) < 4.78 is 5.07. The molecule has 1 heterocycles. The second-order valence-electron chi connectivity index (χ2n) is 3.98. The molecule has 0 aromatic carbocycles. The minimum atomic E-state index is 0.244. The number of likely N-dealkylation sites (N-methyl/N-ethyl adjacent to an activating group) is 1. The Labute approximate surface area is 86.4 Å². The normalized spacial score (nSPS) is 26.4. The molecule has 0 aromatic heterocycles. The van der Waals surface area contributed by atoms with Crippen molar-refractivity contribution < 1.29 is 9.84 Å². The van der Waals surface area contributed by atoms with Gasteiger partial charge in [0.05, 0.1) is 13.2 Å². The van der Waals surface area contributed by atoms with Crippen molar-refractivity contribution in [3.8, 4) is 0 Å². The fourth-order valence-electron chi connectivity index (χ4n) is 1.97. The van der Waals surface area contributed by atoms with Gasteiger partial charge in [-0.2, -0.15) is 0 Å². The average molecular weight is 202 g/mol. The fraction of sp³-hybridized carbons (Fsp3) is 1.00. The number of hydrogen-bond donors (Lipinski definition) is 1. The van der Waals surface area contributed by atoms with Crippen LogP contribution in [0.15, 0.2) is 0 Å². The van der Waals surface area contributed by atoms with E-state index in [1.165, 1.54) is 6.42 Å². The highest BCUT2D eigenvalue weighted by atomic mass is 16.5. The topological polar surface area (TPSA) is 35.9 Å². The Morgan fingerprint density at radius 3 is 2.86 bits per heavy atom. The lowest BCUT2D eigenvalue weighted by molar-refractivity contribution is 0.0851. The van der Waals surface area contributed by atoms with Gasteiger partial charge in [0.25, 0.3) is 0 Å². The van der Waals surface area contributed by atoms with Gasteiger partial charge in [-0.05, 0) is 26.6 Å². The quantitative estimate of drug-likeness (QED) is 0.675. The molecule has 0 spiro atoms. The monoisotopic (exact) mass is 202 g/mol. The van der Waals surface area contributed by atoms with Crippen LogP contribution in [0, 0.1) is 0 Å². The first-order valence-corrected chi connectivity index (χ1v) is 5.30. The fourth-order valence-corrected chi connectivity index (χ4v) is 1.97. The third kappa shape index (κ3) is 3.53. The van der Waals surface area contributed by atoms with Crippen molar-refractivity contribution in [3.05, 3.63) is 0 Å². The van der Waals surface area contributed by atoms with Crippen LogP contribution in [0.2, 0.25) is 0 Å². The minimum absolute atomic E-state index is 0.244. The summed E-state index contributed by atoms with van der Waals surface area (Å²) in [6.45, 7) is 5.07. The lowest BCUT2D eigenvalue weighted by Gasteiger charge is -2.28. The van der Waals surface area contributed by atoms with Gasteiger partial charge < -0.3 is 14.7 Å². The molecule has 84 valence electrons. The third-order valence-corrected chi connectivity index (χ3v) is 2.82. The number of ether oxygens (including phenoxy) is 1. The van der Waals surface area contributed by atoms with Crippen molar-refractivity contribution in [2.45, 2.75) is 12.5 Å². The first-order valence-electron chi connectivity index (χ1n) is 5.30. The molecule has 0 aliphatic carbocycles. The summed E-state index contributed by atoms with van der Waals surface area (Å²) in [7, 11) is 3.83. The van der Waals surface area contributed by atoms with E-state index in [9.17, 15) is 5.11 Å². The van der Waals surface area contributed by atoms with E-state index in [1.54, 1.807) is 7.11 Å². The zero-order chi connectivity index (χ0) is 10.4. The zero-order valence-electron chi connectivity index (χ0n) is 9.28. The van der Waals surface area contributed by atoms with Crippen LogP contribution in [0.3, 0.4) is 0 Å². The molecule has 0 amide bonds. The van der Waals surface area contributed by atoms with Crippen molar-refractivity contribution in [2.24, 2.45) is 0 Å². The maximum Gasteiger partial charge on any atom is 0.0599 e. The summed E-state index contributed by atoms with van der Waals surface area (Å²) in [5.74, 6) is 0. The average Bonchev–Trinajstić information content (AvgIpc) is 2.36. The van der Waals surface area contributed by atoms with Crippen LogP contribution < -0.4 is 0 Å². The molecule has 0 saturated carbocycles. The van der Waals surface area contributed by atoms with Crippen molar-refractivity contribution in [3.63, 3.8) is 0 Å². The van der Waals surface area contributed by atoms with E-state index in [-0.39, 0.29) is 12.6 Å². The third-order valence-electron chi connectivity index (χ3n) is 2.82. The Morgan fingerprint density at radius 2 is 2.21 bits per heavy atom. The molecule has 1 unspecified atom stereocenters. The van der Waals surface area contributed by atoms with Crippen LogP contribution in [-0.4, -0.2) is 74.5 Å². The lowest BCUT2D eigenvalue weighted by atomic mass is 10.2. The smallest absolute Gasteiger partial charge is 0.0599 e. The minimum Gasteiger partial charge on any atom is -0.395 e.